The Bertz CT molecular complexity index is 1280. The van der Waals surface area contributed by atoms with Gasteiger partial charge in [-0.05, 0) is 55.1 Å². The number of primary amides is 1. The number of ether oxygens (including phenoxy) is 2. The third-order valence-corrected chi connectivity index (χ3v) is 6.43. The maximum Gasteiger partial charge on any atom is 0.273 e. The lowest BCUT2D eigenvalue weighted by Crippen LogP contribution is -2.44. The first-order chi connectivity index (χ1) is 17.6. The van der Waals surface area contributed by atoms with Crippen LogP contribution in [-0.4, -0.2) is 42.9 Å². The van der Waals surface area contributed by atoms with Gasteiger partial charge in [-0.3, -0.25) is 19.3 Å². The molecule has 0 radical (unpaired) electrons. The van der Waals surface area contributed by atoms with Gasteiger partial charge in [0.15, 0.2) is 11.7 Å². The second-order valence-electron chi connectivity index (χ2n) is 8.68. The summed E-state index contributed by atoms with van der Waals surface area (Å²) in [6.07, 6.45) is 0.732. The molecule has 0 fully saturated rings. The highest BCUT2D eigenvalue weighted by atomic mass is 32.1. The molecule has 0 aliphatic carbocycles. The van der Waals surface area contributed by atoms with E-state index in [2.05, 4.69) is 9.69 Å². The highest BCUT2D eigenvalue weighted by molar-refractivity contribution is 7.09. The molecule has 3 rings (SSSR count). The molecule has 198 valence electrons. The summed E-state index contributed by atoms with van der Waals surface area (Å²) in [5.41, 5.74) is 11.3. The summed E-state index contributed by atoms with van der Waals surface area (Å²) in [6.45, 7) is 6.20. The number of hydrogen-bond acceptors (Lipinski definition) is 9. The number of nitrogen functional groups attached to an aromatic ring is 1. The molecule has 11 nitrogen and oxygen atoms in total. The summed E-state index contributed by atoms with van der Waals surface area (Å²) in [6, 6.07) is 6.90. The van der Waals surface area contributed by atoms with E-state index >= 15 is 0 Å². The molecule has 0 saturated heterocycles. The number of carbonyl (C=O) groups is 3. The van der Waals surface area contributed by atoms with Crippen LogP contribution in [0.1, 0.15) is 58.0 Å². The number of carbonyl (C=O) groups excluding carboxylic acids is 3. The summed E-state index contributed by atoms with van der Waals surface area (Å²) < 4.78 is 20.7. The van der Waals surface area contributed by atoms with Crippen molar-refractivity contribution in [1.82, 2.24) is 9.69 Å². The van der Waals surface area contributed by atoms with Crippen LogP contribution in [0.4, 0.5) is 11.4 Å². The van der Waals surface area contributed by atoms with Gasteiger partial charge in [0.05, 0.1) is 25.6 Å². The van der Waals surface area contributed by atoms with Crippen molar-refractivity contribution < 1.29 is 28.3 Å². The van der Waals surface area contributed by atoms with Crippen molar-refractivity contribution in [2.75, 3.05) is 31.4 Å². The van der Waals surface area contributed by atoms with Gasteiger partial charge in [-0.15, -0.1) is 0 Å². The van der Waals surface area contributed by atoms with Crippen molar-refractivity contribution in [2.24, 2.45) is 11.7 Å². The molecule has 0 aliphatic heterocycles. The lowest BCUT2D eigenvalue weighted by Gasteiger charge is -2.31. The van der Waals surface area contributed by atoms with Gasteiger partial charge in [-0.1, -0.05) is 13.8 Å². The second-order valence-corrected chi connectivity index (χ2v) is 9.45. The van der Waals surface area contributed by atoms with E-state index in [-0.39, 0.29) is 33.5 Å². The molecule has 3 aromatic rings. The molecular weight excluding hydrogens is 498 g/mol. The number of hydrogen-bond donors (Lipinski definition) is 3. The van der Waals surface area contributed by atoms with Crippen molar-refractivity contribution in [3.63, 3.8) is 0 Å². The van der Waals surface area contributed by atoms with Crippen molar-refractivity contribution >= 4 is 40.6 Å². The highest BCUT2D eigenvalue weighted by Crippen LogP contribution is 2.40. The summed E-state index contributed by atoms with van der Waals surface area (Å²) in [7, 11) is 2.92. The molecule has 2 aromatic heterocycles. The largest absolute Gasteiger partial charge is 0.497 e. The Labute approximate surface area is 218 Å². The predicted molar refractivity (Wildman–Crippen MR) is 140 cm³/mol. The molecule has 2 heterocycles. The molecule has 0 saturated carbocycles. The van der Waals surface area contributed by atoms with Gasteiger partial charge in [-0.25, -0.2) is 0 Å². The Morgan fingerprint density at radius 1 is 1.16 bits per heavy atom. The summed E-state index contributed by atoms with van der Waals surface area (Å²) in [5, 5.41) is 2.90. The minimum atomic E-state index is -1.26. The van der Waals surface area contributed by atoms with E-state index in [0.29, 0.717) is 35.5 Å². The normalized spacial score (nSPS) is 11.7. The predicted octanol–water partition coefficient (Wildman–Crippen LogP) is 3.29. The Morgan fingerprint density at radius 3 is 2.43 bits per heavy atom. The Hall–Kier alpha value is -4.06. The molecule has 1 unspecified atom stereocenters. The number of aryl methyl sites for hydroxylation is 1. The van der Waals surface area contributed by atoms with Crippen LogP contribution in [0.25, 0.3) is 0 Å². The first-order valence-corrected chi connectivity index (χ1v) is 12.3. The van der Waals surface area contributed by atoms with Crippen LogP contribution in [0.5, 0.6) is 11.5 Å². The third kappa shape index (κ3) is 6.02. The quantitative estimate of drug-likeness (QED) is 0.341. The average molecular weight is 530 g/mol. The van der Waals surface area contributed by atoms with E-state index in [1.165, 1.54) is 19.1 Å². The molecule has 1 aromatic carbocycles. The summed E-state index contributed by atoms with van der Waals surface area (Å²) in [4.78, 5) is 40.7. The zero-order chi connectivity index (χ0) is 27.3. The fraction of sp³-hybridized carbons (Fsp3) is 0.360. The maximum absolute atomic E-state index is 14.1. The van der Waals surface area contributed by atoms with E-state index in [1.807, 2.05) is 13.8 Å². The van der Waals surface area contributed by atoms with Crippen LogP contribution in [-0.2, 0) is 4.79 Å². The average Bonchev–Trinajstić information content (AvgIpc) is 3.46. The zero-order valence-corrected chi connectivity index (χ0v) is 22.2. The van der Waals surface area contributed by atoms with Gasteiger partial charge in [-0.2, -0.15) is 4.37 Å². The van der Waals surface area contributed by atoms with E-state index in [0.717, 1.165) is 6.42 Å². The number of nitrogens with zero attached hydrogens (tertiary/aromatic N) is 2. The second kappa shape index (κ2) is 11.8. The molecule has 1 atom stereocenters. The van der Waals surface area contributed by atoms with Crippen molar-refractivity contribution in [3.8, 4) is 11.5 Å². The van der Waals surface area contributed by atoms with Crippen LogP contribution in [0, 0.1) is 12.8 Å². The molecule has 12 heteroatoms. The van der Waals surface area contributed by atoms with Gasteiger partial charge in [0.25, 0.3) is 17.7 Å². The fourth-order valence-electron chi connectivity index (χ4n) is 3.64. The van der Waals surface area contributed by atoms with Crippen LogP contribution in [0.15, 0.2) is 34.7 Å². The molecular formula is C25H31N5O6S. The number of nitrogens with one attached hydrogen (secondary N) is 1. The minimum Gasteiger partial charge on any atom is -0.497 e. The first kappa shape index (κ1) is 27.5. The van der Waals surface area contributed by atoms with Crippen LogP contribution >= 0.6 is 11.5 Å². The van der Waals surface area contributed by atoms with Gasteiger partial charge < -0.3 is 30.7 Å². The van der Waals surface area contributed by atoms with Gasteiger partial charge in [0.2, 0.25) is 0 Å². The monoisotopic (exact) mass is 529 g/mol. The molecule has 0 spiro atoms. The standard InChI is InChI=1S/C25H31N5O6S/c1-13(2)10-11-28-24(32)21(18-8-6-14(3)36-18)30(16-12-15(34-4)7-9-17(16)35-5)25(33)22-19(26)20(23(27)31)29-37-22/h6-9,12-13,21H,10-11,26H2,1-5H3,(H2,27,31)(H,28,32). The fourth-order valence-corrected chi connectivity index (χ4v) is 4.39. The number of aromatic nitrogens is 1. The number of rotatable bonds is 11. The van der Waals surface area contributed by atoms with E-state index in [9.17, 15) is 14.4 Å². The number of methoxy groups -OCH3 is 2. The summed E-state index contributed by atoms with van der Waals surface area (Å²) in [5.74, 6) is -0.232. The lowest BCUT2D eigenvalue weighted by atomic mass is 10.1. The van der Waals surface area contributed by atoms with Crippen molar-refractivity contribution in [2.45, 2.75) is 33.2 Å². The number of furan rings is 1. The molecule has 3 amide bonds. The van der Waals surface area contributed by atoms with Crippen LogP contribution in [0.3, 0.4) is 0 Å². The maximum atomic E-state index is 14.1. The Morgan fingerprint density at radius 2 is 1.89 bits per heavy atom. The van der Waals surface area contributed by atoms with Gasteiger partial charge >= 0.3 is 0 Å². The summed E-state index contributed by atoms with van der Waals surface area (Å²) >= 11 is 0.709. The Balaban J connectivity index is 2.24. The van der Waals surface area contributed by atoms with Crippen LogP contribution < -0.4 is 31.2 Å². The highest BCUT2D eigenvalue weighted by Gasteiger charge is 2.39. The minimum absolute atomic E-state index is 0.0677. The number of benzene rings is 1. The van der Waals surface area contributed by atoms with E-state index in [4.69, 9.17) is 25.4 Å². The van der Waals surface area contributed by atoms with Crippen molar-refractivity contribution in [1.29, 1.82) is 0 Å². The van der Waals surface area contributed by atoms with Crippen LogP contribution in [0.2, 0.25) is 0 Å². The lowest BCUT2D eigenvalue weighted by molar-refractivity contribution is -0.122. The van der Waals surface area contributed by atoms with E-state index in [1.54, 1.807) is 37.3 Å². The molecule has 0 aliphatic rings. The Kier molecular flexibility index (Phi) is 8.77. The van der Waals surface area contributed by atoms with E-state index < -0.39 is 23.8 Å². The molecule has 5 N–H and O–H groups in total. The molecule has 0 bridgehead atoms. The first-order valence-electron chi connectivity index (χ1n) is 11.5. The number of anilines is 2. The number of nitrogens with two attached hydrogens (primary N) is 2. The molecule has 37 heavy (non-hydrogen) atoms. The SMILES string of the molecule is COc1ccc(OC)c(N(C(=O)c2snc(C(N)=O)c2N)C(C(=O)NCCC(C)C)c2ccc(C)o2)c1. The van der Waals surface area contributed by atoms with Gasteiger partial charge in [0, 0.05) is 12.6 Å². The van der Waals surface area contributed by atoms with Crippen molar-refractivity contribution in [3.05, 3.63) is 52.4 Å². The zero-order valence-electron chi connectivity index (χ0n) is 21.4. The van der Waals surface area contributed by atoms with Gasteiger partial charge in [0.1, 0.15) is 27.9 Å². The number of amides is 3. The topological polar surface area (TPSA) is 163 Å². The smallest absolute Gasteiger partial charge is 0.273 e. The third-order valence-electron chi connectivity index (χ3n) is 5.58.